The molecular formula is C11H22N4O2. The Kier molecular flexibility index (Phi) is 5.37. The molecule has 2 N–H and O–H groups in total. The van der Waals surface area contributed by atoms with Crippen molar-refractivity contribution in [2.24, 2.45) is 0 Å². The van der Waals surface area contributed by atoms with Crippen molar-refractivity contribution in [3.8, 4) is 0 Å². The van der Waals surface area contributed by atoms with Crippen LogP contribution >= 0.6 is 0 Å². The molecule has 0 aliphatic carbocycles. The van der Waals surface area contributed by atoms with Crippen LogP contribution in [0.25, 0.3) is 0 Å². The lowest BCUT2D eigenvalue weighted by Crippen LogP contribution is -2.35. The average Bonchev–Trinajstić information content (AvgIpc) is 2.69. The van der Waals surface area contributed by atoms with Crippen molar-refractivity contribution in [3.63, 3.8) is 0 Å². The van der Waals surface area contributed by atoms with Gasteiger partial charge in [0.15, 0.2) is 0 Å². The Morgan fingerprint density at radius 2 is 2.06 bits per heavy atom. The molecule has 0 spiro atoms. The van der Waals surface area contributed by atoms with E-state index in [0.717, 1.165) is 0 Å². The summed E-state index contributed by atoms with van der Waals surface area (Å²) in [5.41, 5.74) is 0.0387. The molecule has 0 unspecified atom stereocenters. The number of rotatable bonds is 7. The molecule has 0 radical (unpaired) electrons. The predicted molar refractivity (Wildman–Crippen MR) is 65.9 cm³/mol. The molecule has 1 heterocycles. The van der Waals surface area contributed by atoms with Gasteiger partial charge in [-0.3, -0.25) is 0 Å². The first kappa shape index (κ1) is 13.9. The first-order chi connectivity index (χ1) is 8.01. The number of nitrogens with zero attached hydrogens (tertiary/aromatic N) is 2. The molecule has 1 aromatic rings. The predicted octanol–water partition coefficient (Wildman–Crippen LogP) is 1.41. The van der Waals surface area contributed by atoms with Crippen LogP contribution in [0.3, 0.4) is 0 Å². The van der Waals surface area contributed by atoms with Crippen molar-refractivity contribution < 1.29 is 9.15 Å². The molecule has 6 nitrogen and oxygen atoms in total. The van der Waals surface area contributed by atoms with Gasteiger partial charge >= 0.3 is 6.01 Å². The van der Waals surface area contributed by atoms with E-state index >= 15 is 0 Å². The molecule has 98 valence electrons. The Morgan fingerprint density at radius 3 is 2.71 bits per heavy atom. The zero-order valence-corrected chi connectivity index (χ0v) is 11.0. The van der Waals surface area contributed by atoms with E-state index in [1.54, 1.807) is 0 Å². The van der Waals surface area contributed by atoms with Gasteiger partial charge in [-0.05, 0) is 27.7 Å². The second kappa shape index (κ2) is 6.56. The van der Waals surface area contributed by atoms with E-state index in [0.29, 0.717) is 38.2 Å². The van der Waals surface area contributed by atoms with Gasteiger partial charge in [0, 0.05) is 18.7 Å². The summed E-state index contributed by atoms with van der Waals surface area (Å²) in [7, 11) is 0. The fourth-order valence-corrected chi connectivity index (χ4v) is 1.11. The summed E-state index contributed by atoms with van der Waals surface area (Å²) in [6.45, 7) is 10.8. The molecule has 0 saturated carbocycles. The largest absolute Gasteiger partial charge is 0.407 e. The van der Waals surface area contributed by atoms with Gasteiger partial charge in [-0.2, -0.15) is 0 Å². The normalized spacial score (nSPS) is 11.8. The van der Waals surface area contributed by atoms with Crippen LogP contribution in [0.4, 0.5) is 6.01 Å². The van der Waals surface area contributed by atoms with Crippen molar-refractivity contribution in [3.05, 3.63) is 5.89 Å². The summed E-state index contributed by atoms with van der Waals surface area (Å²) in [5.74, 6) is 0.582. The number of anilines is 1. The first-order valence-corrected chi connectivity index (χ1v) is 5.90. The van der Waals surface area contributed by atoms with Gasteiger partial charge in [-0.25, -0.2) is 0 Å². The Bertz CT molecular complexity index is 320. The van der Waals surface area contributed by atoms with Gasteiger partial charge in [-0.15, -0.1) is 5.10 Å². The van der Waals surface area contributed by atoms with Crippen molar-refractivity contribution in [2.75, 3.05) is 25.1 Å². The summed E-state index contributed by atoms with van der Waals surface area (Å²) in [5, 5.41) is 14.1. The van der Waals surface area contributed by atoms with E-state index in [2.05, 4.69) is 41.6 Å². The van der Waals surface area contributed by atoms with E-state index in [1.807, 2.05) is 6.92 Å². The maximum Gasteiger partial charge on any atom is 0.315 e. The average molecular weight is 242 g/mol. The molecule has 0 amide bonds. The summed E-state index contributed by atoms with van der Waals surface area (Å²) in [4.78, 5) is 0. The Labute approximate surface area is 102 Å². The van der Waals surface area contributed by atoms with E-state index in [1.165, 1.54) is 0 Å². The third-order valence-corrected chi connectivity index (χ3v) is 1.96. The lowest BCUT2D eigenvalue weighted by atomic mass is 10.1. The summed E-state index contributed by atoms with van der Waals surface area (Å²) < 4.78 is 10.6. The van der Waals surface area contributed by atoms with Crippen LogP contribution in [0.15, 0.2) is 4.42 Å². The highest BCUT2D eigenvalue weighted by Crippen LogP contribution is 2.06. The van der Waals surface area contributed by atoms with Crippen molar-refractivity contribution >= 4 is 6.01 Å². The van der Waals surface area contributed by atoms with Crippen LogP contribution in [0.5, 0.6) is 0 Å². The monoisotopic (exact) mass is 242 g/mol. The molecule has 0 fully saturated rings. The number of nitrogens with one attached hydrogen (secondary N) is 2. The van der Waals surface area contributed by atoms with E-state index in [9.17, 15) is 0 Å². The fourth-order valence-electron chi connectivity index (χ4n) is 1.11. The maximum absolute atomic E-state index is 5.41. The minimum atomic E-state index is 0.0387. The molecule has 0 atom stereocenters. The Balaban J connectivity index is 2.28. The summed E-state index contributed by atoms with van der Waals surface area (Å²) in [6.07, 6.45) is 0. The first-order valence-electron chi connectivity index (χ1n) is 5.90. The molecule has 0 aliphatic rings. The van der Waals surface area contributed by atoms with Gasteiger partial charge in [0.2, 0.25) is 5.89 Å². The SMILES string of the molecule is CCOCCNc1nnc(CNC(C)(C)C)o1. The third-order valence-electron chi connectivity index (χ3n) is 1.96. The van der Waals surface area contributed by atoms with Crippen LogP contribution in [0, 0.1) is 0 Å². The maximum atomic E-state index is 5.41. The number of ether oxygens (including phenoxy) is 1. The highest BCUT2D eigenvalue weighted by Gasteiger charge is 2.11. The van der Waals surface area contributed by atoms with Gasteiger partial charge in [0.05, 0.1) is 13.2 Å². The number of aromatic nitrogens is 2. The quantitative estimate of drug-likeness (QED) is 0.704. The zero-order valence-electron chi connectivity index (χ0n) is 11.0. The Hall–Kier alpha value is -1.14. The fraction of sp³-hybridized carbons (Fsp3) is 0.818. The lowest BCUT2D eigenvalue weighted by Gasteiger charge is -2.18. The molecule has 0 bridgehead atoms. The molecule has 17 heavy (non-hydrogen) atoms. The zero-order chi connectivity index (χ0) is 12.7. The van der Waals surface area contributed by atoms with Crippen LogP contribution in [0.2, 0.25) is 0 Å². The minimum absolute atomic E-state index is 0.0387. The lowest BCUT2D eigenvalue weighted by molar-refractivity contribution is 0.157. The smallest absolute Gasteiger partial charge is 0.315 e. The highest BCUT2D eigenvalue weighted by atomic mass is 16.5. The molecule has 0 saturated heterocycles. The van der Waals surface area contributed by atoms with Crippen LogP contribution < -0.4 is 10.6 Å². The van der Waals surface area contributed by atoms with Crippen molar-refractivity contribution in [1.29, 1.82) is 0 Å². The Morgan fingerprint density at radius 1 is 1.29 bits per heavy atom. The van der Waals surface area contributed by atoms with E-state index in [4.69, 9.17) is 9.15 Å². The van der Waals surface area contributed by atoms with Gasteiger partial charge in [0.1, 0.15) is 0 Å². The molecule has 0 aromatic carbocycles. The minimum Gasteiger partial charge on any atom is -0.407 e. The number of hydrogen-bond donors (Lipinski definition) is 2. The second-order valence-electron chi connectivity index (χ2n) is 4.73. The molecular weight excluding hydrogens is 220 g/mol. The van der Waals surface area contributed by atoms with E-state index < -0.39 is 0 Å². The van der Waals surface area contributed by atoms with Gasteiger partial charge in [0.25, 0.3) is 0 Å². The van der Waals surface area contributed by atoms with Crippen LogP contribution in [-0.2, 0) is 11.3 Å². The van der Waals surface area contributed by atoms with Crippen LogP contribution in [0.1, 0.15) is 33.6 Å². The van der Waals surface area contributed by atoms with Gasteiger partial charge in [-0.1, -0.05) is 5.10 Å². The summed E-state index contributed by atoms with van der Waals surface area (Å²) in [6, 6.07) is 0.440. The molecule has 1 aromatic heterocycles. The van der Waals surface area contributed by atoms with E-state index in [-0.39, 0.29) is 5.54 Å². The van der Waals surface area contributed by atoms with Gasteiger partial charge < -0.3 is 19.8 Å². The van der Waals surface area contributed by atoms with Crippen LogP contribution in [-0.4, -0.2) is 35.5 Å². The standard InChI is InChI=1S/C11H22N4O2/c1-5-16-7-6-12-10-15-14-9(17-10)8-13-11(2,3)4/h13H,5-8H2,1-4H3,(H,12,15). The molecule has 0 aliphatic heterocycles. The summed E-state index contributed by atoms with van der Waals surface area (Å²) >= 11 is 0. The van der Waals surface area contributed by atoms with Crippen molar-refractivity contribution in [1.82, 2.24) is 15.5 Å². The number of hydrogen-bond acceptors (Lipinski definition) is 6. The van der Waals surface area contributed by atoms with Crippen molar-refractivity contribution in [2.45, 2.75) is 39.8 Å². The molecule has 1 rings (SSSR count). The molecule has 6 heteroatoms. The topological polar surface area (TPSA) is 72.2 Å². The highest BCUT2D eigenvalue weighted by molar-refractivity contribution is 5.16. The second-order valence-corrected chi connectivity index (χ2v) is 4.73. The third kappa shape index (κ3) is 6.23.